The third-order valence-electron chi connectivity index (χ3n) is 4.95. The Kier molecular flexibility index (Phi) is 5.38. The summed E-state index contributed by atoms with van der Waals surface area (Å²) in [6, 6.07) is 20.0. The van der Waals surface area contributed by atoms with E-state index in [9.17, 15) is 9.18 Å². The van der Waals surface area contributed by atoms with E-state index < -0.39 is 0 Å². The van der Waals surface area contributed by atoms with Crippen LogP contribution in [-0.2, 0) is 17.6 Å². The van der Waals surface area contributed by atoms with E-state index in [0.717, 1.165) is 34.7 Å². The van der Waals surface area contributed by atoms with Crippen LogP contribution in [0.4, 0.5) is 10.1 Å². The maximum absolute atomic E-state index is 13.3. The molecule has 0 aliphatic carbocycles. The molecule has 2 heterocycles. The molecule has 0 unspecified atom stereocenters. The summed E-state index contributed by atoms with van der Waals surface area (Å²) in [7, 11) is 0. The number of rotatable bonds is 6. The summed E-state index contributed by atoms with van der Waals surface area (Å²) in [5.74, 6) is -0.332. The summed E-state index contributed by atoms with van der Waals surface area (Å²) in [6.07, 6.45) is 3.71. The Morgan fingerprint density at radius 3 is 2.69 bits per heavy atom. The van der Waals surface area contributed by atoms with E-state index in [4.69, 9.17) is 4.98 Å². The molecule has 2 aromatic carbocycles. The Labute approximate surface area is 169 Å². The molecule has 4 nitrogen and oxygen atoms in total. The largest absolute Gasteiger partial charge is 0.326 e. The number of imidazole rings is 1. The molecule has 4 aromatic rings. The van der Waals surface area contributed by atoms with E-state index >= 15 is 0 Å². The zero-order valence-corrected chi connectivity index (χ0v) is 16.2. The van der Waals surface area contributed by atoms with Crippen molar-refractivity contribution in [3.63, 3.8) is 0 Å². The molecule has 0 radical (unpaired) electrons. The van der Waals surface area contributed by atoms with Crippen LogP contribution >= 0.6 is 0 Å². The summed E-state index contributed by atoms with van der Waals surface area (Å²) in [6.45, 7) is 2.09. The van der Waals surface area contributed by atoms with E-state index in [0.29, 0.717) is 12.8 Å². The number of fused-ring (bicyclic) bond motifs is 1. The van der Waals surface area contributed by atoms with E-state index in [1.807, 2.05) is 53.1 Å². The maximum Gasteiger partial charge on any atom is 0.224 e. The Morgan fingerprint density at radius 2 is 1.90 bits per heavy atom. The average molecular weight is 387 g/mol. The second kappa shape index (κ2) is 8.27. The van der Waals surface area contributed by atoms with Gasteiger partial charge >= 0.3 is 0 Å². The molecule has 1 amide bonds. The van der Waals surface area contributed by atoms with Gasteiger partial charge in [0.15, 0.2) is 0 Å². The van der Waals surface area contributed by atoms with Gasteiger partial charge in [-0.05, 0) is 66.9 Å². The van der Waals surface area contributed by atoms with Gasteiger partial charge in [-0.1, -0.05) is 25.1 Å². The molecule has 0 fully saturated rings. The number of hydrogen-bond donors (Lipinski definition) is 1. The van der Waals surface area contributed by atoms with Crippen LogP contribution in [0.15, 0.2) is 72.9 Å². The van der Waals surface area contributed by atoms with Gasteiger partial charge in [-0.2, -0.15) is 0 Å². The fraction of sp³-hybridized carbons (Fsp3) is 0.167. The molecule has 2 aromatic heterocycles. The van der Waals surface area contributed by atoms with Crippen molar-refractivity contribution in [3.05, 3.63) is 90.0 Å². The van der Waals surface area contributed by atoms with Gasteiger partial charge in [0.25, 0.3) is 0 Å². The number of carbonyl (C=O) groups is 1. The third kappa shape index (κ3) is 4.19. The van der Waals surface area contributed by atoms with E-state index in [2.05, 4.69) is 12.2 Å². The number of pyridine rings is 1. The topological polar surface area (TPSA) is 46.4 Å². The van der Waals surface area contributed by atoms with Crippen molar-refractivity contribution in [1.29, 1.82) is 0 Å². The molecule has 0 saturated heterocycles. The van der Waals surface area contributed by atoms with E-state index in [1.165, 1.54) is 17.7 Å². The minimum Gasteiger partial charge on any atom is -0.326 e. The quantitative estimate of drug-likeness (QED) is 0.490. The normalized spacial score (nSPS) is 11.0. The predicted octanol–water partition coefficient (Wildman–Crippen LogP) is 5.27. The highest BCUT2D eigenvalue weighted by atomic mass is 19.1. The first-order chi connectivity index (χ1) is 14.1. The molecule has 0 atom stereocenters. The van der Waals surface area contributed by atoms with Gasteiger partial charge in [0.05, 0.1) is 11.4 Å². The SMILES string of the molecule is CCc1cccc(NC(=O)CCc2c(-c3ccc(F)cc3)nc3ccccn23)c1. The van der Waals surface area contributed by atoms with Gasteiger partial charge < -0.3 is 9.72 Å². The number of aromatic nitrogens is 2. The highest BCUT2D eigenvalue weighted by molar-refractivity contribution is 5.91. The van der Waals surface area contributed by atoms with Crippen LogP contribution in [0.2, 0.25) is 0 Å². The molecule has 29 heavy (non-hydrogen) atoms. The molecule has 1 N–H and O–H groups in total. The molecule has 4 rings (SSSR count). The van der Waals surface area contributed by atoms with Gasteiger partial charge in [0.2, 0.25) is 5.91 Å². The monoisotopic (exact) mass is 387 g/mol. The lowest BCUT2D eigenvalue weighted by atomic mass is 10.1. The number of aryl methyl sites for hydroxylation is 2. The van der Waals surface area contributed by atoms with Crippen molar-refractivity contribution in [2.24, 2.45) is 0 Å². The summed E-state index contributed by atoms with van der Waals surface area (Å²) < 4.78 is 15.3. The summed E-state index contributed by atoms with van der Waals surface area (Å²) in [5.41, 5.74) is 5.34. The van der Waals surface area contributed by atoms with Crippen LogP contribution in [0.25, 0.3) is 16.9 Å². The Balaban J connectivity index is 1.57. The number of benzene rings is 2. The molecule has 0 aliphatic heterocycles. The average Bonchev–Trinajstić information content (AvgIpc) is 3.11. The van der Waals surface area contributed by atoms with Crippen molar-refractivity contribution in [2.45, 2.75) is 26.2 Å². The number of nitrogens with zero attached hydrogens (tertiary/aromatic N) is 2. The van der Waals surface area contributed by atoms with Gasteiger partial charge in [-0.3, -0.25) is 4.79 Å². The molecule has 0 aliphatic rings. The minimum absolute atomic E-state index is 0.0470. The van der Waals surface area contributed by atoms with E-state index in [-0.39, 0.29) is 11.7 Å². The predicted molar refractivity (Wildman–Crippen MR) is 113 cm³/mol. The second-order valence-corrected chi connectivity index (χ2v) is 6.94. The van der Waals surface area contributed by atoms with Gasteiger partial charge in [0.1, 0.15) is 11.5 Å². The van der Waals surface area contributed by atoms with Crippen LogP contribution in [0.1, 0.15) is 24.6 Å². The van der Waals surface area contributed by atoms with Crippen LogP contribution in [0.3, 0.4) is 0 Å². The van der Waals surface area contributed by atoms with Crippen LogP contribution in [0.5, 0.6) is 0 Å². The van der Waals surface area contributed by atoms with Gasteiger partial charge in [-0.15, -0.1) is 0 Å². The molecular formula is C24H22FN3O. The van der Waals surface area contributed by atoms with Crippen molar-refractivity contribution >= 4 is 17.2 Å². The summed E-state index contributed by atoms with van der Waals surface area (Å²) in [4.78, 5) is 17.3. The van der Waals surface area contributed by atoms with Crippen LogP contribution in [0, 0.1) is 5.82 Å². The number of anilines is 1. The molecule has 0 bridgehead atoms. The molecule has 0 spiro atoms. The lowest BCUT2D eigenvalue weighted by molar-refractivity contribution is -0.116. The summed E-state index contributed by atoms with van der Waals surface area (Å²) in [5, 5.41) is 2.98. The van der Waals surface area contributed by atoms with Crippen molar-refractivity contribution in [2.75, 3.05) is 5.32 Å². The van der Waals surface area contributed by atoms with Crippen molar-refractivity contribution < 1.29 is 9.18 Å². The zero-order valence-electron chi connectivity index (χ0n) is 16.2. The molecule has 146 valence electrons. The first kappa shape index (κ1) is 18.9. The summed E-state index contributed by atoms with van der Waals surface area (Å²) >= 11 is 0. The van der Waals surface area contributed by atoms with Crippen LogP contribution in [-0.4, -0.2) is 15.3 Å². The van der Waals surface area contributed by atoms with Crippen molar-refractivity contribution in [3.8, 4) is 11.3 Å². The standard InChI is InChI=1S/C24H22FN3O/c1-2-17-6-5-7-20(16-17)26-23(29)14-13-21-24(18-9-11-19(25)12-10-18)27-22-8-3-4-15-28(21)22/h3-12,15-16H,2,13-14H2,1H3,(H,26,29). The van der Waals surface area contributed by atoms with E-state index in [1.54, 1.807) is 12.1 Å². The first-order valence-electron chi connectivity index (χ1n) is 9.74. The van der Waals surface area contributed by atoms with Gasteiger partial charge in [-0.25, -0.2) is 9.37 Å². The lowest BCUT2D eigenvalue weighted by Crippen LogP contribution is -2.13. The van der Waals surface area contributed by atoms with Gasteiger partial charge in [0, 0.05) is 23.9 Å². The highest BCUT2D eigenvalue weighted by Crippen LogP contribution is 2.26. The fourth-order valence-electron chi connectivity index (χ4n) is 3.45. The number of halogens is 1. The number of hydrogen-bond acceptors (Lipinski definition) is 2. The fourth-order valence-corrected chi connectivity index (χ4v) is 3.45. The first-order valence-corrected chi connectivity index (χ1v) is 9.74. The van der Waals surface area contributed by atoms with Crippen molar-refractivity contribution in [1.82, 2.24) is 9.38 Å². The number of nitrogens with one attached hydrogen (secondary N) is 1. The molecule has 5 heteroatoms. The Bertz CT molecular complexity index is 1150. The highest BCUT2D eigenvalue weighted by Gasteiger charge is 2.15. The number of carbonyl (C=O) groups excluding carboxylic acids is 1. The number of amides is 1. The third-order valence-corrected chi connectivity index (χ3v) is 4.95. The second-order valence-electron chi connectivity index (χ2n) is 6.94. The zero-order chi connectivity index (χ0) is 20.2. The van der Waals surface area contributed by atoms with Crippen LogP contribution < -0.4 is 5.32 Å². The molecule has 0 saturated carbocycles. The maximum atomic E-state index is 13.3. The smallest absolute Gasteiger partial charge is 0.224 e. The minimum atomic E-state index is -0.284. The Morgan fingerprint density at radius 1 is 1.07 bits per heavy atom. The molecular weight excluding hydrogens is 365 g/mol. The lowest BCUT2D eigenvalue weighted by Gasteiger charge is -2.08. The Hall–Kier alpha value is -3.47.